The average Bonchev–Trinajstić information content (AvgIpc) is 3.48. The Morgan fingerprint density at radius 1 is 1.06 bits per heavy atom. The summed E-state index contributed by atoms with van der Waals surface area (Å²) in [6.07, 6.45) is 7.60. The standard InChI is InChI=1S/C29H33NO4/c1-7-8-23(19-11-14-33-17-19)30-27(32)25-10-9-24(34-25)26(31)20-16-22-21(15-18(20)2)28(3,4)12-13-29(22,5)6/h7,9-11,14-17,23H,1,8,12-13H2,2-6H3,(H,30,32). The number of ketones is 1. The topological polar surface area (TPSA) is 72.5 Å². The Kier molecular flexibility index (Phi) is 6.15. The number of amides is 1. The number of carbonyl (C=O) groups is 2. The van der Waals surface area contributed by atoms with Gasteiger partial charge >= 0.3 is 0 Å². The van der Waals surface area contributed by atoms with Gasteiger partial charge in [0.05, 0.1) is 18.6 Å². The third kappa shape index (κ3) is 4.39. The highest BCUT2D eigenvalue weighted by atomic mass is 16.4. The summed E-state index contributed by atoms with van der Waals surface area (Å²) >= 11 is 0. The molecule has 0 saturated heterocycles. The fourth-order valence-electron chi connectivity index (χ4n) is 4.83. The molecule has 1 atom stereocenters. The molecular weight excluding hydrogens is 426 g/mol. The summed E-state index contributed by atoms with van der Waals surface area (Å²) in [5.41, 5.74) is 4.97. The maximum Gasteiger partial charge on any atom is 0.287 e. The van der Waals surface area contributed by atoms with Crippen LogP contribution in [0, 0.1) is 6.92 Å². The maximum atomic E-state index is 13.4. The smallest absolute Gasteiger partial charge is 0.287 e. The van der Waals surface area contributed by atoms with Crippen LogP contribution in [0.2, 0.25) is 0 Å². The van der Waals surface area contributed by atoms with Gasteiger partial charge in [0.15, 0.2) is 11.5 Å². The number of benzene rings is 1. The molecule has 2 heterocycles. The quantitative estimate of drug-likeness (QED) is 0.311. The minimum Gasteiger partial charge on any atom is -0.472 e. The second-order valence-electron chi connectivity index (χ2n) is 10.6. The summed E-state index contributed by atoms with van der Waals surface area (Å²) in [4.78, 5) is 26.3. The molecule has 2 aromatic heterocycles. The van der Waals surface area contributed by atoms with Gasteiger partial charge in [-0.3, -0.25) is 9.59 Å². The van der Waals surface area contributed by atoms with E-state index in [2.05, 4.69) is 45.7 Å². The highest BCUT2D eigenvalue weighted by Crippen LogP contribution is 2.46. The fourth-order valence-corrected chi connectivity index (χ4v) is 4.83. The van der Waals surface area contributed by atoms with Crippen LogP contribution in [0.1, 0.15) is 102 Å². The number of fused-ring (bicyclic) bond motifs is 1. The summed E-state index contributed by atoms with van der Waals surface area (Å²) < 4.78 is 10.9. The molecule has 5 nitrogen and oxygen atoms in total. The second-order valence-corrected chi connectivity index (χ2v) is 10.6. The molecule has 1 aromatic carbocycles. The molecule has 5 heteroatoms. The third-order valence-corrected chi connectivity index (χ3v) is 7.15. The first-order chi connectivity index (χ1) is 16.0. The lowest BCUT2D eigenvalue weighted by molar-refractivity contribution is 0.0903. The first-order valence-electron chi connectivity index (χ1n) is 11.8. The number of hydrogen-bond acceptors (Lipinski definition) is 4. The molecule has 0 bridgehead atoms. The number of furan rings is 2. The van der Waals surface area contributed by atoms with Crippen molar-refractivity contribution in [3.63, 3.8) is 0 Å². The van der Waals surface area contributed by atoms with Crippen molar-refractivity contribution in [3.05, 3.63) is 94.9 Å². The Labute approximate surface area is 201 Å². The van der Waals surface area contributed by atoms with Crippen molar-refractivity contribution in [2.45, 2.75) is 70.8 Å². The molecule has 0 radical (unpaired) electrons. The van der Waals surface area contributed by atoms with E-state index in [1.807, 2.05) is 13.0 Å². The average molecular weight is 460 g/mol. The Morgan fingerprint density at radius 2 is 1.71 bits per heavy atom. The van der Waals surface area contributed by atoms with Gasteiger partial charge in [-0.05, 0) is 78.0 Å². The van der Waals surface area contributed by atoms with E-state index >= 15 is 0 Å². The van der Waals surface area contributed by atoms with Crippen LogP contribution in [-0.2, 0) is 10.8 Å². The molecule has 178 valence electrons. The number of aryl methyl sites for hydroxylation is 1. The van der Waals surface area contributed by atoms with Crippen LogP contribution >= 0.6 is 0 Å². The zero-order valence-electron chi connectivity index (χ0n) is 20.7. The summed E-state index contributed by atoms with van der Waals surface area (Å²) in [5, 5.41) is 2.93. The monoisotopic (exact) mass is 459 g/mol. The van der Waals surface area contributed by atoms with Crippen LogP contribution in [0.4, 0.5) is 0 Å². The minimum atomic E-state index is -0.392. The van der Waals surface area contributed by atoms with Crippen LogP contribution in [0.5, 0.6) is 0 Å². The van der Waals surface area contributed by atoms with Gasteiger partial charge < -0.3 is 14.2 Å². The minimum absolute atomic E-state index is 0.00492. The summed E-state index contributed by atoms with van der Waals surface area (Å²) in [5.74, 6) is -0.351. The van der Waals surface area contributed by atoms with Crippen molar-refractivity contribution >= 4 is 11.7 Å². The maximum absolute atomic E-state index is 13.4. The third-order valence-electron chi connectivity index (χ3n) is 7.15. The van der Waals surface area contributed by atoms with Crippen molar-refractivity contribution < 1.29 is 18.4 Å². The molecule has 0 fully saturated rings. The van der Waals surface area contributed by atoms with E-state index in [1.165, 1.54) is 11.1 Å². The van der Waals surface area contributed by atoms with Crippen molar-refractivity contribution in [2.75, 3.05) is 0 Å². The van der Waals surface area contributed by atoms with E-state index in [9.17, 15) is 9.59 Å². The molecule has 1 N–H and O–H groups in total. The van der Waals surface area contributed by atoms with Crippen LogP contribution in [0.3, 0.4) is 0 Å². The number of carbonyl (C=O) groups excluding carboxylic acids is 2. The zero-order chi connectivity index (χ0) is 24.7. The van der Waals surface area contributed by atoms with Crippen LogP contribution in [0.15, 0.2) is 64.3 Å². The Balaban J connectivity index is 1.60. The molecule has 0 spiro atoms. The van der Waals surface area contributed by atoms with Gasteiger partial charge in [-0.1, -0.05) is 39.8 Å². The molecule has 0 aliphatic heterocycles. The van der Waals surface area contributed by atoms with Gasteiger partial charge in [-0.25, -0.2) is 0 Å². The Hall–Kier alpha value is -3.34. The van der Waals surface area contributed by atoms with E-state index in [1.54, 1.807) is 36.8 Å². The fraction of sp³-hybridized carbons (Fsp3) is 0.379. The predicted molar refractivity (Wildman–Crippen MR) is 132 cm³/mol. The van der Waals surface area contributed by atoms with E-state index < -0.39 is 5.91 Å². The van der Waals surface area contributed by atoms with Gasteiger partial charge in [0.1, 0.15) is 0 Å². The Morgan fingerprint density at radius 3 is 2.32 bits per heavy atom. The van der Waals surface area contributed by atoms with Gasteiger partial charge in [0.2, 0.25) is 5.78 Å². The molecule has 3 aromatic rings. The van der Waals surface area contributed by atoms with Crippen molar-refractivity contribution in [1.29, 1.82) is 0 Å². The highest BCUT2D eigenvalue weighted by molar-refractivity contribution is 6.09. The SMILES string of the molecule is C=CCC(NC(=O)c1ccc(C(=O)c2cc3c(cc2C)C(C)(C)CCC3(C)C)o1)c1ccoc1. The molecular formula is C29H33NO4. The van der Waals surface area contributed by atoms with Gasteiger partial charge in [-0.2, -0.15) is 0 Å². The lowest BCUT2D eigenvalue weighted by atomic mass is 9.62. The van der Waals surface area contributed by atoms with E-state index in [0.29, 0.717) is 12.0 Å². The largest absolute Gasteiger partial charge is 0.472 e. The van der Waals surface area contributed by atoms with E-state index in [0.717, 1.165) is 24.0 Å². The lowest BCUT2D eigenvalue weighted by Crippen LogP contribution is -2.34. The summed E-state index contributed by atoms with van der Waals surface area (Å²) in [6.45, 7) is 14.7. The lowest BCUT2D eigenvalue weighted by Gasteiger charge is -2.42. The first-order valence-corrected chi connectivity index (χ1v) is 11.8. The summed E-state index contributed by atoms with van der Waals surface area (Å²) in [6, 6.07) is 8.82. The summed E-state index contributed by atoms with van der Waals surface area (Å²) in [7, 11) is 0. The van der Waals surface area contributed by atoms with Gasteiger partial charge in [0.25, 0.3) is 5.91 Å². The highest BCUT2D eigenvalue weighted by Gasteiger charge is 2.38. The molecule has 0 saturated carbocycles. The normalized spacial score (nSPS) is 17.0. The molecule has 1 aliphatic rings. The van der Waals surface area contributed by atoms with Crippen LogP contribution in [-0.4, -0.2) is 11.7 Å². The number of rotatable bonds is 7. The molecule has 1 unspecified atom stereocenters. The molecule has 1 aliphatic carbocycles. The number of hydrogen-bond donors (Lipinski definition) is 1. The van der Waals surface area contributed by atoms with Crippen LogP contribution < -0.4 is 5.32 Å². The van der Waals surface area contributed by atoms with Crippen LogP contribution in [0.25, 0.3) is 0 Å². The van der Waals surface area contributed by atoms with Gasteiger partial charge in [0, 0.05) is 11.1 Å². The molecule has 34 heavy (non-hydrogen) atoms. The van der Waals surface area contributed by atoms with Crippen molar-refractivity contribution in [2.24, 2.45) is 0 Å². The van der Waals surface area contributed by atoms with E-state index in [-0.39, 0.29) is 34.2 Å². The van der Waals surface area contributed by atoms with Crippen molar-refractivity contribution in [1.82, 2.24) is 5.32 Å². The molecule has 1 amide bonds. The molecule has 4 rings (SSSR count). The van der Waals surface area contributed by atoms with Gasteiger partial charge in [-0.15, -0.1) is 6.58 Å². The zero-order valence-corrected chi connectivity index (χ0v) is 20.7. The first kappa shape index (κ1) is 23.8. The van der Waals surface area contributed by atoms with E-state index in [4.69, 9.17) is 8.83 Å². The Bertz CT molecular complexity index is 1230. The van der Waals surface area contributed by atoms with Crippen molar-refractivity contribution in [3.8, 4) is 0 Å². The number of nitrogens with one attached hydrogen (secondary N) is 1. The second kappa shape index (κ2) is 8.79. The predicted octanol–water partition coefficient (Wildman–Crippen LogP) is 6.81.